The van der Waals surface area contributed by atoms with Crippen LogP contribution in [-0.4, -0.2) is 61.7 Å². The van der Waals surface area contributed by atoms with E-state index in [4.69, 9.17) is 9.84 Å². The zero-order valence-corrected chi connectivity index (χ0v) is 18.2. The van der Waals surface area contributed by atoms with Crippen LogP contribution in [0.5, 0.6) is 0 Å². The largest absolute Gasteiger partial charge is 0.378 e. The topological polar surface area (TPSA) is 88.4 Å². The standard InChI is InChI=1S/C26H20N6O2/c33-26(31-11-13-34-14-12-31)20-4-2-19(3-5-20)22-7-8-25-29-17-21(32(25)30-22)6-1-18-15-24-23(28-16-18)9-10-27-24/h2-5,7-10,15-17,27H,11-14H2. The summed E-state index contributed by atoms with van der Waals surface area (Å²) in [5.41, 5.74) is 6.40. The molecule has 0 aliphatic carbocycles. The first kappa shape index (κ1) is 20.1. The van der Waals surface area contributed by atoms with E-state index in [9.17, 15) is 4.79 Å². The van der Waals surface area contributed by atoms with E-state index in [0.29, 0.717) is 43.2 Å². The molecule has 0 bridgehead atoms. The number of nitrogens with one attached hydrogen (secondary N) is 1. The van der Waals surface area contributed by atoms with E-state index in [-0.39, 0.29) is 5.91 Å². The Morgan fingerprint density at radius 2 is 1.82 bits per heavy atom. The van der Waals surface area contributed by atoms with E-state index in [1.165, 1.54) is 0 Å². The Hall–Kier alpha value is -4.48. The summed E-state index contributed by atoms with van der Waals surface area (Å²) in [7, 11) is 0. The Morgan fingerprint density at radius 3 is 2.68 bits per heavy atom. The minimum absolute atomic E-state index is 0.0254. The number of nitrogens with zero attached hydrogens (tertiary/aromatic N) is 5. The maximum atomic E-state index is 12.7. The molecule has 8 heteroatoms. The molecule has 6 rings (SSSR count). The minimum Gasteiger partial charge on any atom is -0.378 e. The van der Waals surface area contributed by atoms with Crippen molar-refractivity contribution in [1.29, 1.82) is 0 Å². The molecule has 0 spiro atoms. The molecule has 1 N–H and O–H groups in total. The summed E-state index contributed by atoms with van der Waals surface area (Å²) in [6.45, 7) is 2.41. The van der Waals surface area contributed by atoms with Gasteiger partial charge in [-0.1, -0.05) is 18.1 Å². The fraction of sp³-hybridized carbons (Fsp3) is 0.154. The van der Waals surface area contributed by atoms with Crippen molar-refractivity contribution in [2.45, 2.75) is 0 Å². The Kier molecular flexibility index (Phi) is 5.02. The molecule has 1 aromatic carbocycles. The van der Waals surface area contributed by atoms with Crippen LogP contribution in [0.1, 0.15) is 21.6 Å². The van der Waals surface area contributed by atoms with Crippen LogP contribution < -0.4 is 0 Å². The number of hydrogen-bond donors (Lipinski definition) is 1. The van der Waals surface area contributed by atoms with E-state index < -0.39 is 0 Å². The van der Waals surface area contributed by atoms with Crippen LogP contribution >= 0.6 is 0 Å². The second-order valence-electron chi connectivity index (χ2n) is 8.00. The number of benzene rings is 1. The molecule has 34 heavy (non-hydrogen) atoms. The lowest BCUT2D eigenvalue weighted by atomic mass is 10.1. The number of aromatic nitrogens is 5. The quantitative estimate of drug-likeness (QED) is 0.419. The lowest BCUT2D eigenvalue weighted by Crippen LogP contribution is -2.40. The smallest absolute Gasteiger partial charge is 0.254 e. The highest BCUT2D eigenvalue weighted by Crippen LogP contribution is 2.20. The van der Waals surface area contributed by atoms with Gasteiger partial charge in [-0.05, 0) is 42.3 Å². The number of pyridine rings is 1. The lowest BCUT2D eigenvalue weighted by Gasteiger charge is -2.26. The first-order valence-electron chi connectivity index (χ1n) is 11.0. The first-order valence-corrected chi connectivity index (χ1v) is 11.0. The van der Waals surface area contributed by atoms with Gasteiger partial charge in [0.1, 0.15) is 5.69 Å². The third-order valence-corrected chi connectivity index (χ3v) is 5.82. The number of fused-ring (bicyclic) bond motifs is 2. The van der Waals surface area contributed by atoms with Gasteiger partial charge in [0.2, 0.25) is 0 Å². The van der Waals surface area contributed by atoms with Crippen molar-refractivity contribution < 1.29 is 9.53 Å². The molecular formula is C26H20N6O2. The van der Waals surface area contributed by atoms with Crippen molar-refractivity contribution in [1.82, 2.24) is 29.5 Å². The maximum Gasteiger partial charge on any atom is 0.254 e. The number of H-pyrrole nitrogens is 1. The van der Waals surface area contributed by atoms with E-state index in [0.717, 1.165) is 27.9 Å². The third kappa shape index (κ3) is 3.78. The Labute approximate surface area is 195 Å². The molecule has 8 nitrogen and oxygen atoms in total. The van der Waals surface area contributed by atoms with Crippen LogP contribution in [0.4, 0.5) is 0 Å². The van der Waals surface area contributed by atoms with Crippen LogP contribution in [0.15, 0.2) is 67.1 Å². The maximum absolute atomic E-state index is 12.7. The number of carbonyl (C=O) groups excluding carboxylic acids is 1. The van der Waals surface area contributed by atoms with Gasteiger partial charge in [-0.3, -0.25) is 9.78 Å². The highest BCUT2D eigenvalue weighted by molar-refractivity contribution is 5.94. The summed E-state index contributed by atoms with van der Waals surface area (Å²) in [6, 6.07) is 15.2. The second-order valence-corrected chi connectivity index (χ2v) is 8.00. The number of carbonyl (C=O) groups is 1. The molecule has 5 heterocycles. The number of ether oxygens (including phenoxy) is 1. The monoisotopic (exact) mass is 448 g/mol. The highest BCUT2D eigenvalue weighted by atomic mass is 16.5. The number of amides is 1. The summed E-state index contributed by atoms with van der Waals surface area (Å²) in [6.07, 6.45) is 5.32. The summed E-state index contributed by atoms with van der Waals surface area (Å²) in [4.78, 5) is 26.5. The molecule has 5 aromatic rings. The first-order chi connectivity index (χ1) is 16.7. The molecule has 1 amide bonds. The van der Waals surface area contributed by atoms with Crippen molar-refractivity contribution in [3.63, 3.8) is 0 Å². The number of rotatable bonds is 2. The summed E-state index contributed by atoms with van der Waals surface area (Å²) in [5.74, 6) is 6.33. The zero-order chi connectivity index (χ0) is 22.9. The second kappa shape index (κ2) is 8.46. The van der Waals surface area contributed by atoms with E-state index in [1.54, 1.807) is 16.9 Å². The van der Waals surface area contributed by atoms with E-state index >= 15 is 0 Å². The van der Waals surface area contributed by atoms with Gasteiger partial charge in [0.15, 0.2) is 5.65 Å². The van der Waals surface area contributed by atoms with E-state index in [2.05, 4.69) is 26.8 Å². The number of morpholine rings is 1. The fourth-order valence-corrected chi connectivity index (χ4v) is 3.98. The van der Waals surface area contributed by atoms with Crippen LogP contribution in [0.3, 0.4) is 0 Å². The number of imidazole rings is 1. The Bertz CT molecular complexity index is 1570. The van der Waals surface area contributed by atoms with Gasteiger partial charge in [-0.15, -0.1) is 0 Å². The van der Waals surface area contributed by atoms with Crippen molar-refractivity contribution in [3.8, 4) is 23.1 Å². The molecule has 1 fully saturated rings. The molecule has 0 unspecified atom stereocenters. The van der Waals surface area contributed by atoms with Gasteiger partial charge in [0, 0.05) is 42.2 Å². The van der Waals surface area contributed by atoms with Gasteiger partial charge in [0.05, 0.1) is 36.1 Å². The van der Waals surface area contributed by atoms with Gasteiger partial charge < -0.3 is 14.6 Å². The number of hydrogen-bond acceptors (Lipinski definition) is 5. The van der Waals surface area contributed by atoms with Crippen molar-refractivity contribution in [2.24, 2.45) is 0 Å². The molecule has 166 valence electrons. The van der Waals surface area contributed by atoms with Crippen LogP contribution in [0.2, 0.25) is 0 Å². The van der Waals surface area contributed by atoms with Gasteiger partial charge >= 0.3 is 0 Å². The summed E-state index contributed by atoms with van der Waals surface area (Å²) in [5, 5.41) is 4.74. The number of aromatic amines is 1. The Morgan fingerprint density at radius 1 is 0.971 bits per heavy atom. The lowest BCUT2D eigenvalue weighted by molar-refractivity contribution is 0.0303. The van der Waals surface area contributed by atoms with Crippen molar-refractivity contribution in [2.75, 3.05) is 26.3 Å². The average Bonchev–Trinajstić information content (AvgIpc) is 3.54. The normalized spacial score (nSPS) is 13.7. The van der Waals surface area contributed by atoms with Crippen LogP contribution in [-0.2, 0) is 4.74 Å². The van der Waals surface area contributed by atoms with Gasteiger partial charge in [0.25, 0.3) is 5.91 Å². The molecule has 1 aliphatic heterocycles. The molecule has 0 atom stereocenters. The predicted octanol–water partition coefficient (Wildman–Crippen LogP) is 3.14. The molecule has 1 saturated heterocycles. The van der Waals surface area contributed by atoms with Crippen LogP contribution in [0.25, 0.3) is 27.9 Å². The Balaban J connectivity index is 1.27. The van der Waals surface area contributed by atoms with Crippen molar-refractivity contribution in [3.05, 3.63) is 83.9 Å². The molecule has 1 aliphatic rings. The third-order valence-electron chi connectivity index (χ3n) is 5.82. The fourth-order valence-electron chi connectivity index (χ4n) is 3.98. The zero-order valence-electron chi connectivity index (χ0n) is 18.2. The summed E-state index contributed by atoms with van der Waals surface area (Å²) < 4.78 is 7.07. The SMILES string of the molecule is O=C(c1ccc(-c2ccc3ncc(C#Cc4cnc5cc[nH]c5c4)n3n2)cc1)N1CCOCC1. The van der Waals surface area contributed by atoms with Crippen LogP contribution in [0, 0.1) is 11.8 Å². The minimum atomic E-state index is 0.0254. The molecule has 0 saturated carbocycles. The summed E-state index contributed by atoms with van der Waals surface area (Å²) >= 11 is 0. The van der Waals surface area contributed by atoms with E-state index in [1.807, 2.05) is 59.6 Å². The molecule has 0 radical (unpaired) electrons. The van der Waals surface area contributed by atoms with Gasteiger partial charge in [-0.2, -0.15) is 5.10 Å². The highest BCUT2D eigenvalue weighted by Gasteiger charge is 2.18. The average molecular weight is 448 g/mol. The predicted molar refractivity (Wildman–Crippen MR) is 127 cm³/mol. The van der Waals surface area contributed by atoms with Gasteiger partial charge in [-0.25, -0.2) is 9.50 Å². The molecular weight excluding hydrogens is 428 g/mol. The van der Waals surface area contributed by atoms with Crippen molar-refractivity contribution >= 4 is 22.6 Å². The molecule has 4 aromatic heterocycles.